The highest BCUT2D eigenvalue weighted by Gasteiger charge is 2.16. The molecule has 0 spiro atoms. The van der Waals surface area contributed by atoms with E-state index >= 15 is 0 Å². The Morgan fingerprint density at radius 2 is 1.71 bits per heavy atom. The van der Waals surface area contributed by atoms with Gasteiger partial charge in [0, 0.05) is 0 Å². The Balaban J connectivity index is 2.07. The average Bonchev–Trinajstić information content (AvgIpc) is 2.71. The number of rotatable bonds is 3. The van der Waals surface area contributed by atoms with Gasteiger partial charge in [-0.1, -0.05) is 49.9 Å². The molecule has 1 aromatic carbocycles. The SMILES string of the molecule is OCc1ccccc1CC1CCCC1. The molecule has 0 radical (unpaired) electrons. The molecule has 1 heteroatoms. The highest BCUT2D eigenvalue weighted by atomic mass is 16.3. The van der Waals surface area contributed by atoms with Gasteiger partial charge in [0.1, 0.15) is 0 Å². The van der Waals surface area contributed by atoms with Gasteiger partial charge in [0.15, 0.2) is 0 Å². The van der Waals surface area contributed by atoms with Crippen molar-refractivity contribution in [2.24, 2.45) is 5.92 Å². The van der Waals surface area contributed by atoms with Gasteiger partial charge in [-0.2, -0.15) is 0 Å². The summed E-state index contributed by atoms with van der Waals surface area (Å²) in [5, 5.41) is 9.19. The lowest BCUT2D eigenvalue weighted by Crippen LogP contribution is -2.02. The number of hydrogen-bond donors (Lipinski definition) is 1. The zero-order valence-electron chi connectivity index (χ0n) is 8.58. The van der Waals surface area contributed by atoms with Crippen molar-refractivity contribution in [1.29, 1.82) is 0 Å². The quantitative estimate of drug-likeness (QED) is 0.777. The second-order valence-electron chi connectivity index (χ2n) is 4.28. The maximum absolute atomic E-state index is 9.19. The van der Waals surface area contributed by atoms with Crippen LogP contribution in [0.1, 0.15) is 36.8 Å². The summed E-state index contributed by atoms with van der Waals surface area (Å²) in [7, 11) is 0. The lowest BCUT2D eigenvalue weighted by molar-refractivity contribution is 0.280. The van der Waals surface area contributed by atoms with Crippen LogP contribution < -0.4 is 0 Å². The van der Waals surface area contributed by atoms with E-state index in [1.807, 2.05) is 12.1 Å². The van der Waals surface area contributed by atoms with Gasteiger partial charge in [0.25, 0.3) is 0 Å². The zero-order valence-corrected chi connectivity index (χ0v) is 8.58. The monoisotopic (exact) mass is 190 g/mol. The molecule has 1 nitrogen and oxygen atoms in total. The molecule has 1 saturated carbocycles. The van der Waals surface area contributed by atoms with Crippen LogP contribution in [0.2, 0.25) is 0 Å². The second kappa shape index (κ2) is 4.61. The average molecular weight is 190 g/mol. The molecule has 1 aliphatic carbocycles. The van der Waals surface area contributed by atoms with Crippen LogP contribution in [0.4, 0.5) is 0 Å². The van der Waals surface area contributed by atoms with E-state index in [1.54, 1.807) is 0 Å². The lowest BCUT2D eigenvalue weighted by Gasteiger charge is -2.11. The van der Waals surface area contributed by atoms with Gasteiger partial charge in [0.05, 0.1) is 6.61 Å². The summed E-state index contributed by atoms with van der Waals surface area (Å²) >= 11 is 0. The van der Waals surface area contributed by atoms with Gasteiger partial charge in [-0.05, 0) is 23.5 Å². The Labute approximate surface area is 85.8 Å². The maximum atomic E-state index is 9.19. The van der Waals surface area contributed by atoms with Crippen molar-refractivity contribution in [3.8, 4) is 0 Å². The topological polar surface area (TPSA) is 20.2 Å². The Morgan fingerprint density at radius 3 is 2.36 bits per heavy atom. The molecule has 1 aliphatic rings. The second-order valence-corrected chi connectivity index (χ2v) is 4.28. The summed E-state index contributed by atoms with van der Waals surface area (Å²) in [6, 6.07) is 8.27. The summed E-state index contributed by atoms with van der Waals surface area (Å²) < 4.78 is 0. The van der Waals surface area contributed by atoms with Gasteiger partial charge in [0.2, 0.25) is 0 Å². The first-order valence-electron chi connectivity index (χ1n) is 5.58. The normalized spacial score (nSPS) is 17.5. The molecule has 1 aromatic rings. The van der Waals surface area contributed by atoms with E-state index in [9.17, 15) is 5.11 Å². The minimum atomic E-state index is 0.183. The van der Waals surface area contributed by atoms with Crippen LogP contribution in [0.3, 0.4) is 0 Å². The van der Waals surface area contributed by atoms with Gasteiger partial charge in [-0.25, -0.2) is 0 Å². The number of aliphatic hydroxyl groups is 1. The van der Waals surface area contributed by atoms with E-state index in [-0.39, 0.29) is 6.61 Å². The minimum Gasteiger partial charge on any atom is -0.392 e. The Bertz CT molecular complexity index is 287. The Kier molecular flexibility index (Phi) is 3.20. The predicted molar refractivity (Wildman–Crippen MR) is 58.0 cm³/mol. The zero-order chi connectivity index (χ0) is 9.80. The van der Waals surface area contributed by atoms with E-state index in [4.69, 9.17) is 0 Å². The third kappa shape index (κ3) is 2.16. The third-order valence-electron chi connectivity index (χ3n) is 3.27. The van der Waals surface area contributed by atoms with E-state index in [0.29, 0.717) is 0 Å². The third-order valence-corrected chi connectivity index (χ3v) is 3.27. The molecule has 76 valence electrons. The summed E-state index contributed by atoms with van der Waals surface area (Å²) in [5.41, 5.74) is 2.46. The predicted octanol–water partition coefficient (Wildman–Crippen LogP) is 2.91. The van der Waals surface area contributed by atoms with Crippen molar-refractivity contribution < 1.29 is 5.11 Å². The smallest absolute Gasteiger partial charge is 0.0684 e. The fourth-order valence-electron chi connectivity index (χ4n) is 2.44. The highest BCUT2D eigenvalue weighted by molar-refractivity contribution is 5.26. The molecule has 0 aromatic heterocycles. The van der Waals surface area contributed by atoms with Crippen molar-refractivity contribution in [1.82, 2.24) is 0 Å². The molecule has 0 atom stereocenters. The van der Waals surface area contributed by atoms with Crippen LogP contribution in [0.15, 0.2) is 24.3 Å². The van der Waals surface area contributed by atoms with E-state index in [1.165, 1.54) is 31.2 Å². The molecule has 0 amide bonds. The van der Waals surface area contributed by atoms with Crippen molar-refractivity contribution in [3.05, 3.63) is 35.4 Å². The summed E-state index contributed by atoms with van der Waals surface area (Å²) in [6.07, 6.45) is 6.70. The number of hydrogen-bond acceptors (Lipinski definition) is 1. The van der Waals surface area contributed by atoms with Crippen LogP contribution in [0, 0.1) is 5.92 Å². The first-order valence-corrected chi connectivity index (χ1v) is 5.58. The molecule has 0 saturated heterocycles. The minimum absolute atomic E-state index is 0.183. The fourth-order valence-corrected chi connectivity index (χ4v) is 2.44. The van der Waals surface area contributed by atoms with E-state index < -0.39 is 0 Å². The van der Waals surface area contributed by atoms with Crippen LogP contribution >= 0.6 is 0 Å². The van der Waals surface area contributed by atoms with Gasteiger partial charge >= 0.3 is 0 Å². The Hall–Kier alpha value is -0.820. The molecule has 1 N–H and O–H groups in total. The van der Waals surface area contributed by atoms with Crippen molar-refractivity contribution >= 4 is 0 Å². The molecular weight excluding hydrogens is 172 g/mol. The summed E-state index contributed by atoms with van der Waals surface area (Å²) in [4.78, 5) is 0. The van der Waals surface area contributed by atoms with Crippen molar-refractivity contribution in [2.75, 3.05) is 0 Å². The van der Waals surface area contributed by atoms with Gasteiger partial charge in [-0.15, -0.1) is 0 Å². The molecule has 0 aliphatic heterocycles. The molecule has 0 unspecified atom stereocenters. The molecule has 2 rings (SSSR count). The van der Waals surface area contributed by atoms with Crippen LogP contribution in [-0.4, -0.2) is 5.11 Å². The lowest BCUT2D eigenvalue weighted by atomic mass is 9.95. The highest BCUT2D eigenvalue weighted by Crippen LogP contribution is 2.28. The fraction of sp³-hybridized carbons (Fsp3) is 0.538. The first-order chi connectivity index (χ1) is 6.90. The van der Waals surface area contributed by atoms with Crippen LogP contribution in [0.5, 0.6) is 0 Å². The summed E-state index contributed by atoms with van der Waals surface area (Å²) in [5.74, 6) is 0.864. The van der Waals surface area contributed by atoms with Gasteiger partial charge in [-0.3, -0.25) is 0 Å². The van der Waals surface area contributed by atoms with Crippen molar-refractivity contribution in [3.63, 3.8) is 0 Å². The van der Waals surface area contributed by atoms with Crippen LogP contribution in [-0.2, 0) is 13.0 Å². The number of benzene rings is 1. The summed E-state index contributed by atoms with van der Waals surface area (Å²) in [6.45, 7) is 0.183. The van der Waals surface area contributed by atoms with Crippen molar-refractivity contribution in [2.45, 2.75) is 38.7 Å². The van der Waals surface area contributed by atoms with E-state index in [0.717, 1.165) is 17.9 Å². The Morgan fingerprint density at radius 1 is 1.07 bits per heavy atom. The molecule has 14 heavy (non-hydrogen) atoms. The molecular formula is C13H18O. The molecule has 0 heterocycles. The molecule has 0 bridgehead atoms. The first kappa shape index (κ1) is 9.72. The largest absolute Gasteiger partial charge is 0.392 e. The van der Waals surface area contributed by atoms with E-state index in [2.05, 4.69) is 12.1 Å². The van der Waals surface area contributed by atoms with Gasteiger partial charge < -0.3 is 5.11 Å². The molecule has 1 fully saturated rings. The number of aliphatic hydroxyl groups excluding tert-OH is 1. The standard InChI is InChI=1S/C13H18O/c14-10-13-8-4-3-7-12(13)9-11-5-1-2-6-11/h3-4,7-8,11,14H,1-2,5-6,9-10H2. The van der Waals surface area contributed by atoms with Crippen LogP contribution in [0.25, 0.3) is 0 Å². The maximum Gasteiger partial charge on any atom is 0.0684 e.